The highest BCUT2D eigenvalue weighted by Gasteiger charge is 2.23. The van der Waals surface area contributed by atoms with Gasteiger partial charge >= 0.3 is 0 Å². The first kappa shape index (κ1) is 15.3. The molecule has 1 heterocycles. The molecule has 6 heteroatoms. The Hall–Kier alpha value is -1.07. The fourth-order valence-electron chi connectivity index (χ4n) is 2.69. The van der Waals surface area contributed by atoms with Crippen LogP contribution in [0.5, 0.6) is 0 Å². The van der Waals surface area contributed by atoms with Crippen LogP contribution in [0.1, 0.15) is 26.2 Å². The molecule has 20 heavy (non-hydrogen) atoms. The molecular weight excluding hydrogens is 278 g/mol. The van der Waals surface area contributed by atoms with Crippen LogP contribution in [0, 0.1) is 11.8 Å². The lowest BCUT2D eigenvalue weighted by Crippen LogP contribution is -2.26. The van der Waals surface area contributed by atoms with Crippen molar-refractivity contribution in [1.82, 2.24) is 9.78 Å². The molecule has 1 saturated carbocycles. The summed E-state index contributed by atoms with van der Waals surface area (Å²) in [6, 6.07) is 0. The summed E-state index contributed by atoms with van der Waals surface area (Å²) in [7, 11) is 1.59. The van der Waals surface area contributed by atoms with Crippen molar-refractivity contribution in [2.45, 2.75) is 32.7 Å². The lowest BCUT2D eigenvalue weighted by atomic mass is 9.98. The van der Waals surface area contributed by atoms with Crippen molar-refractivity contribution in [3.05, 3.63) is 21.6 Å². The molecule has 1 aliphatic carbocycles. The highest BCUT2D eigenvalue weighted by atomic mass is 35.5. The molecule has 112 valence electrons. The summed E-state index contributed by atoms with van der Waals surface area (Å²) in [5.74, 6) is 1.39. The number of hydrogen-bond acceptors (Lipinski definition) is 4. The highest BCUT2D eigenvalue weighted by Crippen LogP contribution is 2.31. The molecule has 1 aromatic heterocycles. The molecule has 1 fully saturated rings. The number of hydrogen-bond donors (Lipinski definition) is 1. The Kier molecular flexibility index (Phi) is 5.43. The Morgan fingerprint density at radius 1 is 1.55 bits per heavy atom. The van der Waals surface area contributed by atoms with E-state index >= 15 is 0 Å². The van der Waals surface area contributed by atoms with Crippen LogP contribution in [0.2, 0.25) is 5.02 Å². The Morgan fingerprint density at radius 2 is 2.35 bits per heavy atom. The maximum atomic E-state index is 12.0. The first-order valence-corrected chi connectivity index (χ1v) is 7.49. The predicted molar refractivity (Wildman–Crippen MR) is 80.4 cm³/mol. The largest absolute Gasteiger partial charge is 0.383 e. The zero-order valence-corrected chi connectivity index (χ0v) is 12.8. The van der Waals surface area contributed by atoms with Crippen molar-refractivity contribution in [2.75, 3.05) is 25.6 Å². The molecule has 0 radical (unpaired) electrons. The fraction of sp³-hybridized carbons (Fsp3) is 0.714. The first-order valence-electron chi connectivity index (χ1n) is 7.12. The van der Waals surface area contributed by atoms with Crippen molar-refractivity contribution in [2.24, 2.45) is 11.8 Å². The molecule has 2 atom stereocenters. The molecular formula is C14H22ClN3O2. The van der Waals surface area contributed by atoms with Gasteiger partial charge in [-0.1, -0.05) is 31.4 Å². The monoisotopic (exact) mass is 299 g/mol. The zero-order valence-electron chi connectivity index (χ0n) is 12.1. The number of aromatic nitrogens is 2. The third kappa shape index (κ3) is 3.52. The van der Waals surface area contributed by atoms with E-state index in [0.29, 0.717) is 24.8 Å². The molecule has 0 saturated heterocycles. The number of anilines is 1. The molecule has 0 amide bonds. The normalized spacial score (nSPS) is 22.1. The van der Waals surface area contributed by atoms with Crippen LogP contribution < -0.4 is 10.9 Å². The minimum absolute atomic E-state index is 0.210. The van der Waals surface area contributed by atoms with Gasteiger partial charge in [-0.2, -0.15) is 5.10 Å². The van der Waals surface area contributed by atoms with Crippen molar-refractivity contribution < 1.29 is 4.74 Å². The second kappa shape index (κ2) is 7.09. The maximum absolute atomic E-state index is 12.0. The number of rotatable bonds is 6. The Bertz CT molecular complexity index is 504. The maximum Gasteiger partial charge on any atom is 0.287 e. The zero-order chi connectivity index (χ0) is 14.5. The van der Waals surface area contributed by atoms with Crippen molar-refractivity contribution in [3.63, 3.8) is 0 Å². The van der Waals surface area contributed by atoms with Gasteiger partial charge in [0.15, 0.2) is 0 Å². The van der Waals surface area contributed by atoms with E-state index in [9.17, 15) is 4.79 Å². The quantitative estimate of drug-likeness (QED) is 0.876. The number of ether oxygens (including phenoxy) is 1. The average Bonchev–Trinajstić information content (AvgIpc) is 2.85. The summed E-state index contributed by atoms with van der Waals surface area (Å²) in [6.07, 6.45) is 5.44. The minimum Gasteiger partial charge on any atom is -0.383 e. The Balaban J connectivity index is 2.01. The summed E-state index contributed by atoms with van der Waals surface area (Å²) < 4.78 is 6.27. The molecule has 5 nitrogen and oxygen atoms in total. The average molecular weight is 300 g/mol. The fourth-order valence-corrected chi connectivity index (χ4v) is 2.91. The first-order chi connectivity index (χ1) is 9.63. The summed E-state index contributed by atoms with van der Waals surface area (Å²) in [6.45, 7) is 3.98. The van der Waals surface area contributed by atoms with E-state index in [0.717, 1.165) is 12.5 Å². The predicted octanol–water partition coefficient (Wildman–Crippen LogP) is 2.39. The SMILES string of the molecule is COCCn1ncc(NCC2CCCC2C)c(Cl)c1=O. The van der Waals surface area contributed by atoms with E-state index in [1.54, 1.807) is 13.3 Å². The van der Waals surface area contributed by atoms with E-state index in [-0.39, 0.29) is 10.6 Å². The summed E-state index contributed by atoms with van der Waals surface area (Å²) in [5.41, 5.74) is 0.359. The molecule has 0 bridgehead atoms. The molecule has 0 spiro atoms. The second-order valence-electron chi connectivity index (χ2n) is 5.44. The summed E-state index contributed by atoms with van der Waals surface area (Å²) in [5, 5.41) is 7.60. The Labute approximate surface area is 124 Å². The number of methoxy groups -OCH3 is 1. The standard InChI is InChI=1S/C14H22ClN3O2/c1-10-4-3-5-11(10)8-16-12-9-17-18(6-7-20-2)14(19)13(12)15/h9-11,16H,3-8H2,1-2H3. The van der Waals surface area contributed by atoms with Gasteiger partial charge in [0.1, 0.15) is 5.02 Å². The molecule has 1 aromatic rings. The molecule has 1 aliphatic rings. The van der Waals surface area contributed by atoms with Gasteiger partial charge in [-0.15, -0.1) is 0 Å². The van der Waals surface area contributed by atoms with E-state index in [2.05, 4.69) is 17.3 Å². The Morgan fingerprint density at radius 3 is 3.00 bits per heavy atom. The molecule has 0 aliphatic heterocycles. The molecule has 2 unspecified atom stereocenters. The van der Waals surface area contributed by atoms with Gasteiger partial charge in [0.05, 0.1) is 25.0 Å². The van der Waals surface area contributed by atoms with Gasteiger partial charge in [-0.3, -0.25) is 4.79 Å². The second-order valence-corrected chi connectivity index (χ2v) is 5.82. The van der Waals surface area contributed by atoms with Crippen molar-refractivity contribution in [1.29, 1.82) is 0 Å². The van der Waals surface area contributed by atoms with Crippen LogP contribution in [0.15, 0.2) is 11.0 Å². The van der Waals surface area contributed by atoms with Crippen LogP contribution in [-0.2, 0) is 11.3 Å². The van der Waals surface area contributed by atoms with E-state index in [1.807, 2.05) is 0 Å². The lowest BCUT2D eigenvalue weighted by Gasteiger charge is -2.17. The van der Waals surface area contributed by atoms with E-state index in [1.165, 1.54) is 23.9 Å². The third-order valence-electron chi connectivity index (χ3n) is 4.09. The van der Waals surface area contributed by atoms with Gasteiger partial charge in [-0.25, -0.2) is 4.68 Å². The van der Waals surface area contributed by atoms with Gasteiger partial charge in [0.2, 0.25) is 0 Å². The van der Waals surface area contributed by atoms with Crippen LogP contribution in [0.3, 0.4) is 0 Å². The van der Waals surface area contributed by atoms with Crippen molar-refractivity contribution >= 4 is 17.3 Å². The van der Waals surface area contributed by atoms with Crippen LogP contribution in [0.4, 0.5) is 5.69 Å². The topological polar surface area (TPSA) is 56.1 Å². The van der Waals surface area contributed by atoms with Crippen LogP contribution >= 0.6 is 11.6 Å². The molecule has 0 aromatic carbocycles. The number of nitrogens with one attached hydrogen (secondary N) is 1. The summed E-state index contributed by atoms with van der Waals surface area (Å²) in [4.78, 5) is 12.0. The summed E-state index contributed by atoms with van der Waals surface area (Å²) >= 11 is 6.12. The van der Waals surface area contributed by atoms with Gasteiger partial charge in [-0.05, 0) is 18.3 Å². The highest BCUT2D eigenvalue weighted by molar-refractivity contribution is 6.32. The lowest BCUT2D eigenvalue weighted by molar-refractivity contribution is 0.182. The van der Waals surface area contributed by atoms with E-state index in [4.69, 9.17) is 16.3 Å². The third-order valence-corrected chi connectivity index (χ3v) is 4.45. The number of halogens is 1. The van der Waals surface area contributed by atoms with Crippen molar-refractivity contribution in [3.8, 4) is 0 Å². The minimum atomic E-state index is -0.270. The molecule has 1 N–H and O–H groups in total. The van der Waals surface area contributed by atoms with Crippen LogP contribution in [0.25, 0.3) is 0 Å². The smallest absolute Gasteiger partial charge is 0.287 e. The van der Waals surface area contributed by atoms with Gasteiger partial charge in [0, 0.05) is 13.7 Å². The number of nitrogens with zero attached hydrogens (tertiary/aromatic N) is 2. The van der Waals surface area contributed by atoms with Crippen LogP contribution in [-0.4, -0.2) is 30.0 Å². The van der Waals surface area contributed by atoms with Gasteiger partial charge in [0.25, 0.3) is 5.56 Å². The van der Waals surface area contributed by atoms with Gasteiger partial charge < -0.3 is 10.1 Å². The molecule has 2 rings (SSSR count). The van der Waals surface area contributed by atoms with E-state index < -0.39 is 0 Å².